The molecule has 0 aromatic carbocycles. The Morgan fingerprint density at radius 2 is 0.587 bits per heavy atom. The van der Waals surface area contributed by atoms with E-state index in [1.54, 1.807) is 0 Å². The van der Waals surface area contributed by atoms with Crippen molar-refractivity contribution >= 4 is 19.8 Å². The Morgan fingerprint density at radius 3 is 0.870 bits per heavy atom. The highest BCUT2D eigenvalue weighted by atomic mass is 31.2. The lowest BCUT2D eigenvalue weighted by atomic mass is 10.0. The Balaban J connectivity index is 4.04. The van der Waals surface area contributed by atoms with Crippen LogP contribution in [0.15, 0.2) is 146 Å². The van der Waals surface area contributed by atoms with Crippen LogP contribution in [-0.4, -0.2) is 74.9 Å². The fraction of sp³-hybridized carbons (Fsp3) is 0.683. The average Bonchev–Trinajstić information content (AvgIpc) is 2.34. The monoisotopic (exact) mass is 1300 g/mol. The number of hydrogen-bond donors (Lipinski definition) is 1. The van der Waals surface area contributed by atoms with Crippen molar-refractivity contribution in [1.82, 2.24) is 0 Å². The number of phosphoric ester groups is 1. The van der Waals surface area contributed by atoms with Crippen molar-refractivity contribution in [3.63, 3.8) is 0 Å². The van der Waals surface area contributed by atoms with E-state index in [1.807, 2.05) is 21.1 Å². The van der Waals surface area contributed by atoms with Gasteiger partial charge in [0, 0.05) is 12.8 Å². The lowest BCUT2D eigenvalue weighted by Gasteiger charge is -2.24. The number of rotatable bonds is 68. The van der Waals surface area contributed by atoms with Gasteiger partial charge in [-0.15, -0.1) is 0 Å². The van der Waals surface area contributed by atoms with Crippen molar-refractivity contribution in [3.05, 3.63) is 146 Å². The molecule has 0 radical (unpaired) electrons. The van der Waals surface area contributed by atoms with Gasteiger partial charge in [0.2, 0.25) is 0 Å². The van der Waals surface area contributed by atoms with E-state index in [1.165, 1.54) is 161 Å². The van der Waals surface area contributed by atoms with Crippen molar-refractivity contribution < 1.29 is 42.1 Å². The first-order valence-electron chi connectivity index (χ1n) is 37.6. The number of hydrogen-bond acceptors (Lipinski definition) is 7. The zero-order valence-corrected chi connectivity index (χ0v) is 60.9. The van der Waals surface area contributed by atoms with Crippen LogP contribution >= 0.6 is 7.82 Å². The number of carbonyl (C=O) groups excluding carboxylic acids is 2. The molecule has 2 unspecified atom stereocenters. The van der Waals surface area contributed by atoms with Crippen LogP contribution in [0.4, 0.5) is 0 Å². The van der Waals surface area contributed by atoms with Gasteiger partial charge < -0.3 is 18.9 Å². The van der Waals surface area contributed by atoms with Gasteiger partial charge in [0.1, 0.15) is 19.8 Å². The third-order valence-electron chi connectivity index (χ3n) is 15.9. The minimum atomic E-state index is -4.40. The maximum Gasteiger partial charge on any atom is 0.472 e. The Kier molecular flexibility index (Phi) is 68.0. The summed E-state index contributed by atoms with van der Waals surface area (Å²) in [6.45, 7) is 4.23. The highest BCUT2D eigenvalue weighted by Crippen LogP contribution is 2.43. The van der Waals surface area contributed by atoms with Gasteiger partial charge in [-0.3, -0.25) is 18.6 Å². The molecule has 0 rings (SSSR count). The smallest absolute Gasteiger partial charge is 0.462 e. The van der Waals surface area contributed by atoms with Gasteiger partial charge in [0.05, 0.1) is 27.7 Å². The van der Waals surface area contributed by atoms with Gasteiger partial charge in [-0.05, 0) is 116 Å². The molecule has 0 saturated heterocycles. The Hall–Kier alpha value is -4.11. The predicted octanol–water partition coefficient (Wildman–Crippen LogP) is 24.9. The maximum atomic E-state index is 12.9. The molecule has 1 N–H and O–H groups in total. The SMILES string of the molecule is CC/C=C\C/C=C\C/C=C\C/C=C\C/C=C\C/C=C\C/C=C\C/C=C\CCCCCCCCCCCCCCC(=O)OC(COC(=O)CCCCCCCCCCCCCCCCCCCC/C=C\C/C=C\C/C=C\C/C=C\CC)COP(=O)(O)OCC[N+](C)(C)C. The first-order valence-corrected chi connectivity index (χ1v) is 39.1. The van der Waals surface area contributed by atoms with Crippen LogP contribution in [0.2, 0.25) is 0 Å². The highest BCUT2D eigenvalue weighted by Gasteiger charge is 2.27. The Bertz CT molecular complexity index is 2070. The van der Waals surface area contributed by atoms with E-state index in [0.717, 1.165) is 116 Å². The van der Waals surface area contributed by atoms with Crippen molar-refractivity contribution in [2.24, 2.45) is 0 Å². The molecule has 0 aromatic heterocycles. The summed E-state index contributed by atoms with van der Waals surface area (Å²) in [4.78, 5) is 36.0. The zero-order valence-electron chi connectivity index (χ0n) is 60.0. The molecule has 10 heteroatoms. The number of carbonyl (C=O) groups is 2. The summed E-state index contributed by atoms with van der Waals surface area (Å²) >= 11 is 0. The number of allylic oxidation sites excluding steroid dienone is 24. The van der Waals surface area contributed by atoms with Crippen molar-refractivity contribution in [1.29, 1.82) is 0 Å². The topological polar surface area (TPSA) is 108 Å². The van der Waals surface area contributed by atoms with E-state index in [4.69, 9.17) is 18.5 Å². The van der Waals surface area contributed by atoms with E-state index in [-0.39, 0.29) is 32.0 Å². The largest absolute Gasteiger partial charge is 0.472 e. The van der Waals surface area contributed by atoms with Crippen LogP contribution in [0.5, 0.6) is 0 Å². The number of quaternary nitrogens is 1. The van der Waals surface area contributed by atoms with Crippen LogP contribution in [0, 0.1) is 0 Å². The lowest BCUT2D eigenvalue weighted by Crippen LogP contribution is -2.37. The molecule has 0 bridgehead atoms. The molecule has 92 heavy (non-hydrogen) atoms. The van der Waals surface area contributed by atoms with E-state index >= 15 is 0 Å². The minimum absolute atomic E-state index is 0.0266. The van der Waals surface area contributed by atoms with Gasteiger partial charge in [-0.25, -0.2) is 4.57 Å². The minimum Gasteiger partial charge on any atom is -0.462 e. The van der Waals surface area contributed by atoms with Crippen LogP contribution in [0.25, 0.3) is 0 Å². The van der Waals surface area contributed by atoms with E-state index in [9.17, 15) is 19.0 Å². The average molecular weight is 1300 g/mol. The van der Waals surface area contributed by atoms with Crippen LogP contribution in [0.1, 0.15) is 309 Å². The summed E-state index contributed by atoms with van der Waals surface area (Å²) in [5, 5.41) is 0. The fourth-order valence-corrected chi connectivity index (χ4v) is 10.9. The van der Waals surface area contributed by atoms with Gasteiger partial charge in [-0.1, -0.05) is 327 Å². The van der Waals surface area contributed by atoms with Crippen LogP contribution in [0.3, 0.4) is 0 Å². The Labute approximate surface area is 567 Å². The van der Waals surface area contributed by atoms with Gasteiger partial charge in [0.25, 0.3) is 0 Å². The predicted molar refractivity (Wildman–Crippen MR) is 399 cm³/mol. The molecule has 0 spiro atoms. The molecule has 0 aliphatic heterocycles. The molecule has 0 amide bonds. The molecule has 0 aliphatic rings. The first kappa shape index (κ1) is 87.9. The summed E-state index contributed by atoms with van der Waals surface area (Å²) in [5.74, 6) is -0.796. The van der Waals surface area contributed by atoms with Crippen molar-refractivity contribution in [2.75, 3.05) is 47.5 Å². The fourth-order valence-electron chi connectivity index (χ4n) is 10.2. The second-order valence-electron chi connectivity index (χ2n) is 25.9. The number of ether oxygens (including phenoxy) is 2. The normalized spacial score (nSPS) is 13.9. The second kappa shape index (κ2) is 71.2. The number of esters is 2. The first-order chi connectivity index (χ1) is 45.0. The van der Waals surface area contributed by atoms with Gasteiger partial charge in [-0.2, -0.15) is 0 Å². The molecular weight excluding hydrogens is 1160 g/mol. The molecule has 0 aromatic rings. The van der Waals surface area contributed by atoms with E-state index in [0.29, 0.717) is 17.4 Å². The molecule has 9 nitrogen and oxygen atoms in total. The standard InChI is InChI=1S/C82H140NO8P/c1-6-8-10-12-14-16-18-20-22-24-26-28-30-32-34-36-38-39-40-41-42-43-45-47-49-51-53-55-57-59-61-63-65-67-69-71-73-75-82(85)91-80(79-90-92(86,87)89-77-76-83(3,4)5)78-88-81(84)74-72-70-68-66-64-62-60-58-56-54-52-50-48-46-44-37-35-33-31-29-27-25-23-21-19-17-15-13-11-9-7-2/h8-11,14-17,20-23,26-29,32,34,38-39,41-42,45,47,80H,6-7,12-13,18-19,24-25,30-31,33,35-37,40,43-44,46,48-79H2,1-5H3/p+1/b10-8-,11-9-,16-14-,17-15-,22-20-,23-21-,28-26-,29-27-,34-32-,39-38-,42-41-,47-45-. The van der Waals surface area contributed by atoms with Gasteiger partial charge >= 0.3 is 19.8 Å². The molecule has 2 atom stereocenters. The van der Waals surface area contributed by atoms with Crippen LogP contribution in [-0.2, 0) is 32.7 Å². The molecule has 0 heterocycles. The van der Waals surface area contributed by atoms with Crippen molar-refractivity contribution in [2.45, 2.75) is 315 Å². The lowest BCUT2D eigenvalue weighted by molar-refractivity contribution is -0.870. The molecule has 0 saturated carbocycles. The summed E-state index contributed by atoms with van der Waals surface area (Å²) < 4.78 is 34.8. The maximum absolute atomic E-state index is 12.9. The van der Waals surface area contributed by atoms with E-state index < -0.39 is 26.5 Å². The molecule has 0 aliphatic carbocycles. The molecular formula is C82H141NO8P+. The summed E-state index contributed by atoms with van der Waals surface area (Å²) in [6.07, 6.45) is 105. The molecule has 526 valence electrons. The summed E-state index contributed by atoms with van der Waals surface area (Å²) in [6, 6.07) is 0. The number of likely N-dealkylation sites (N-methyl/N-ethyl adjacent to an activating group) is 1. The Morgan fingerprint density at radius 1 is 0.337 bits per heavy atom. The van der Waals surface area contributed by atoms with Crippen LogP contribution < -0.4 is 0 Å². The third-order valence-corrected chi connectivity index (χ3v) is 16.8. The van der Waals surface area contributed by atoms with Gasteiger partial charge in [0.15, 0.2) is 6.10 Å². The van der Waals surface area contributed by atoms with E-state index in [2.05, 4.69) is 160 Å². The number of nitrogens with zero attached hydrogens (tertiary/aromatic N) is 1. The quantitative estimate of drug-likeness (QED) is 0.0211. The summed E-state index contributed by atoms with van der Waals surface area (Å²) in [7, 11) is 1.47. The second-order valence-corrected chi connectivity index (χ2v) is 27.4. The number of unbranched alkanes of at least 4 members (excludes halogenated alkanes) is 30. The highest BCUT2D eigenvalue weighted by molar-refractivity contribution is 7.47. The summed E-state index contributed by atoms with van der Waals surface area (Å²) in [5.41, 5.74) is 0. The third kappa shape index (κ3) is 74.9. The zero-order chi connectivity index (χ0) is 66.9. The van der Waals surface area contributed by atoms with Crippen molar-refractivity contribution in [3.8, 4) is 0 Å². The number of phosphoric acid groups is 1. The molecule has 0 fully saturated rings.